The molecule has 1 amide bonds. The topological polar surface area (TPSA) is 76.8 Å². The first kappa shape index (κ1) is 18.9. The van der Waals surface area contributed by atoms with E-state index in [2.05, 4.69) is 0 Å². The van der Waals surface area contributed by atoms with Crippen LogP contribution in [0.5, 0.6) is 0 Å². The van der Waals surface area contributed by atoms with Gasteiger partial charge in [-0.1, -0.05) is 18.2 Å². The third kappa shape index (κ3) is 3.66. The number of hydrogen-bond acceptors (Lipinski definition) is 5. The van der Waals surface area contributed by atoms with Crippen molar-refractivity contribution < 1.29 is 18.7 Å². The van der Waals surface area contributed by atoms with E-state index >= 15 is 0 Å². The van der Waals surface area contributed by atoms with E-state index in [1.165, 1.54) is 6.07 Å². The average Bonchev–Trinajstić information content (AvgIpc) is 3.15. The predicted octanol–water partition coefficient (Wildman–Crippen LogP) is 3.89. The SMILES string of the molecule is Cc1ccc2c(COC(=O)c3cccc(N4CCCC4=O)c3)cc(=O)oc2c1C. The van der Waals surface area contributed by atoms with Gasteiger partial charge in [0, 0.05) is 35.7 Å². The number of carbonyl (C=O) groups excluding carboxylic acids is 2. The number of nitrogens with zero attached hydrogens (tertiary/aromatic N) is 1. The minimum Gasteiger partial charge on any atom is -0.457 e. The molecule has 2 aromatic carbocycles. The summed E-state index contributed by atoms with van der Waals surface area (Å²) in [5, 5.41) is 0.747. The first-order valence-corrected chi connectivity index (χ1v) is 9.54. The molecule has 0 bridgehead atoms. The molecule has 0 N–H and O–H groups in total. The molecule has 148 valence electrons. The molecule has 0 atom stereocenters. The second-order valence-electron chi connectivity index (χ2n) is 7.25. The van der Waals surface area contributed by atoms with Crippen molar-refractivity contribution in [1.29, 1.82) is 0 Å². The zero-order valence-corrected chi connectivity index (χ0v) is 16.4. The molecule has 2 heterocycles. The van der Waals surface area contributed by atoms with Crippen molar-refractivity contribution in [1.82, 2.24) is 0 Å². The van der Waals surface area contributed by atoms with Gasteiger partial charge in [0.2, 0.25) is 5.91 Å². The Bertz CT molecular complexity index is 1180. The van der Waals surface area contributed by atoms with Crippen molar-refractivity contribution in [3.05, 3.63) is 75.1 Å². The molecule has 0 unspecified atom stereocenters. The number of amides is 1. The summed E-state index contributed by atoms with van der Waals surface area (Å²) in [6.07, 6.45) is 1.34. The highest BCUT2D eigenvalue weighted by atomic mass is 16.5. The van der Waals surface area contributed by atoms with Gasteiger partial charge in [-0.3, -0.25) is 4.79 Å². The Kier molecular flexibility index (Phi) is 4.92. The maximum absolute atomic E-state index is 12.6. The number of benzene rings is 2. The highest BCUT2D eigenvalue weighted by Gasteiger charge is 2.22. The predicted molar refractivity (Wildman–Crippen MR) is 109 cm³/mol. The Morgan fingerprint density at radius 1 is 1.14 bits per heavy atom. The molecule has 1 aliphatic heterocycles. The van der Waals surface area contributed by atoms with Gasteiger partial charge in [0.05, 0.1) is 5.56 Å². The van der Waals surface area contributed by atoms with Gasteiger partial charge in [-0.15, -0.1) is 0 Å². The van der Waals surface area contributed by atoms with Gasteiger partial charge in [0.25, 0.3) is 0 Å². The Morgan fingerprint density at radius 2 is 1.97 bits per heavy atom. The van der Waals surface area contributed by atoms with Crippen LogP contribution in [0.3, 0.4) is 0 Å². The fourth-order valence-corrected chi connectivity index (χ4v) is 3.59. The number of rotatable bonds is 4. The average molecular weight is 391 g/mol. The van der Waals surface area contributed by atoms with Gasteiger partial charge in [0.1, 0.15) is 12.2 Å². The monoisotopic (exact) mass is 391 g/mol. The van der Waals surface area contributed by atoms with Gasteiger partial charge >= 0.3 is 11.6 Å². The molecule has 1 aliphatic rings. The van der Waals surface area contributed by atoms with E-state index in [-0.39, 0.29) is 12.5 Å². The highest BCUT2D eigenvalue weighted by molar-refractivity contribution is 5.97. The van der Waals surface area contributed by atoms with Crippen molar-refractivity contribution in [3.63, 3.8) is 0 Å². The largest absolute Gasteiger partial charge is 0.457 e. The summed E-state index contributed by atoms with van der Waals surface area (Å²) in [5.74, 6) is -0.451. The van der Waals surface area contributed by atoms with Crippen LogP contribution in [0.4, 0.5) is 5.69 Å². The maximum atomic E-state index is 12.6. The second-order valence-corrected chi connectivity index (χ2v) is 7.25. The van der Waals surface area contributed by atoms with Crippen molar-refractivity contribution in [2.24, 2.45) is 0 Å². The van der Waals surface area contributed by atoms with Crippen LogP contribution in [0.2, 0.25) is 0 Å². The zero-order valence-electron chi connectivity index (χ0n) is 16.4. The molecular weight excluding hydrogens is 370 g/mol. The molecule has 1 aromatic heterocycles. The van der Waals surface area contributed by atoms with Crippen molar-refractivity contribution in [2.75, 3.05) is 11.4 Å². The zero-order chi connectivity index (χ0) is 20.5. The lowest BCUT2D eigenvalue weighted by molar-refractivity contribution is -0.117. The molecule has 1 saturated heterocycles. The fourth-order valence-electron chi connectivity index (χ4n) is 3.59. The third-order valence-electron chi connectivity index (χ3n) is 5.34. The van der Waals surface area contributed by atoms with Crippen molar-refractivity contribution in [3.8, 4) is 0 Å². The van der Waals surface area contributed by atoms with Crippen LogP contribution in [0.25, 0.3) is 11.0 Å². The van der Waals surface area contributed by atoms with Crippen molar-refractivity contribution in [2.45, 2.75) is 33.3 Å². The standard InChI is InChI=1S/C23H21NO5/c1-14-8-9-19-17(12-21(26)29-22(19)15(14)2)13-28-23(27)16-5-3-6-18(11-16)24-10-4-7-20(24)25/h3,5-6,8-9,11-12H,4,7,10,13H2,1-2H3. The van der Waals surface area contributed by atoms with Crippen LogP contribution in [-0.4, -0.2) is 18.4 Å². The van der Waals surface area contributed by atoms with Crippen LogP contribution in [-0.2, 0) is 16.1 Å². The molecule has 29 heavy (non-hydrogen) atoms. The van der Waals surface area contributed by atoms with Crippen LogP contribution in [0.1, 0.15) is 39.9 Å². The van der Waals surface area contributed by atoms with Crippen LogP contribution >= 0.6 is 0 Å². The number of fused-ring (bicyclic) bond motifs is 1. The number of hydrogen-bond donors (Lipinski definition) is 0. The lowest BCUT2D eigenvalue weighted by atomic mass is 10.0. The quantitative estimate of drug-likeness (QED) is 0.498. The lowest BCUT2D eigenvalue weighted by Gasteiger charge is -2.16. The molecule has 1 fully saturated rings. The Hall–Kier alpha value is -3.41. The third-order valence-corrected chi connectivity index (χ3v) is 5.34. The number of carbonyl (C=O) groups is 2. The van der Waals surface area contributed by atoms with E-state index in [9.17, 15) is 14.4 Å². The normalized spacial score (nSPS) is 13.9. The molecule has 3 aromatic rings. The minimum absolute atomic E-state index is 0.0453. The van der Waals surface area contributed by atoms with Gasteiger partial charge < -0.3 is 14.1 Å². The number of aryl methyl sites for hydroxylation is 2. The van der Waals surface area contributed by atoms with Gasteiger partial charge in [0.15, 0.2) is 0 Å². The van der Waals surface area contributed by atoms with Gasteiger partial charge in [-0.2, -0.15) is 0 Å². The summed E-state index contributed by atoms with van der Waals surface area (Å²) in [4.78, 5) is 38.2. The maximum Gasteiger partial charge on any atom is 0.338 e. The van der Waals surface area contributed by atoms with Crippen molar-refractivity contribution >= 4 is 28.5 Å². The van der Waals surface area contributed by atoms with E-state index in [0.29, 0.717) is 35.4 Å². The number of ether oxygens (including phenoxy) is 1. The molecule has 6 nitrogen and oxygen atoms in total. The molecule has 6 heteroatoms. The Morgan fingerprint density at radius 3 is 2.72 bits per heavy atom. The van der Waals surface area contributed by atoms with E-state index in [4.69, 9.17) is 9.15 Å². The minimum atomic E-state index is -0.510. The summed E-state index contributed by atoms with van der Waals surface area (Å²) in [7, 11) is 0. The molecular formula is C23H21NO5. The lowest BCUT2D eigenvalue weighted by Crippen LogP contribution is -2.23. The fraction of sp³-hybridized carbons (Fsp3) is 0.261. The molecule has 0 aliphatic carbocycles. The summed E-state index contributed by atoms with van der Waals surface area (Å²) in [6.45, 7) is 4.44. The molecule has 0 saturated carbocycles. The second kappa shape index (κ2) is 7.54. The van der Waals surface area contributed by atoms with Crippen LogP contribution in [0, 0.1) is 13.8 Å². The first-order chi connectivity index (χ1) is 13.9. The Balaban J connectivity index is 1.57. The van der Waals surface area contributed by atoms with E-state index in [0.717, 1.165) is 22.9 Å². The molecule has 4 rings (SSSR count). The van der Waals surface area contributed by atoms with Crippen LogP contribution < -0.4 is 10.5 Å². The number of anilines is 1. The summed E-state index contributed by atoms with van der Waals surface area (Å²) in [6, 6.07) is 12.0. The van der Waals surface area contributed by atoms with E-state index in [1.54, 1.807) is 29.2 Å². The molecule has 0 radical (unpaired) electrons. The van der Waals surface area contributed by atoms with Gasteiger partial charge in [-0.25, -0.2) is 9.59 Å². The van der Waals surface area contributed by atoms with E-state index < -0.39 is 11.6 Å². The highest BCUT2D eigenvalue weighted by Crippen LogP contribution is 2.25. The smallest absolute Gasteiger partial charge is 0.338 e. The summed E-state index contributed by atoms with van der Waals surface area (Å²) >= 11 is 0. The van der Waals surface area contributed by atoms with Gasteiger partial charge in [-0.05, 0) is 49.6 Å². The molecule has 0 spiro atoms. The van der Waals surface area contributed by atoms with E-state index in [1.807, 2.05) is 26.0 Å². The summed E-state index contributed by atoms with van der Waals surface area (Å²) in [5.41, 5.74) is 3.59. The Labute approximate surface area is 167 Å². The summed E-state index contributed by atoms with van der Waals surface area (Å²) < 4.78 is 10.8. The van der Waals surface area contributed by atoms with Crippen LogP contribution in [0.15, 0.2) is 51.7 Å². The number of esters is 1. The first-order valence-electron chi connectivity index (χ1n) is 9.54.